The third-order valence-corrected chi connectivity index (χ3v) is 3.60. The van der Waals surface area contributed by atoms with Gasteiger partial charge in [-0.15, -0.1) is 0 Å². The fourth-order valence-corrected chi connectivity index (χ4v) is 2.25. The van der Waals surface area contributed by atoms with Crippen LogP contribution in [0.25, 0.3) is 4.85 Å². The Balaban J connectivity index is 0.000000379. The molecule has 0 heterocycles. The minimum atomic E-state index is -1.38. The number of aliphatic carboxylic acids is 1. The number of benzene rings is 1. The lowest BCUT2D eigenvalue weighted by molar-refractivity contribution is -0.148. The van der Waals surface area contributed by atoms with Crippen molar-refractivity contribution in [1.29, 1.82) is 0 Å². The average Bonchev–Trinajstić information content (AvgIpc) is 2.53. The van der Waals surface area contributed by atoms with Crippen LogP contribution in [-0.2, 0) is 19.9 Å². The number of nitrogens with zero attached hydrogens (tertiary/aromatic N) is 1. The first kappa shape index (κ1) is 18.5. The molecule has 23 heavy (non-hydrogen) atoms. The zero-order valence-corrected chi connectivity index (χ0v) is 12.7. The normalized spacial score (nSPS) is 23.2. The van der Waals surface area contributed by atoms with Gasteiger partial charge in [0.25, 0.3) is 0 Å². The largest absolute Gasteiger partial charge is 0.476 e. The fraction of sp³-hybridized carbons (Fsp3) is 0.375. The van der Waals surface area contributed by atoms with Crippen LogP contribution in [0.4, 0.5) is 5.69 Å². The second kappa shape index (κ2) is 7.63. The van der Waals surface area contributed by atoms with E-state index in [1.807, 2.05) is 0 Å². The van der Waals surface area contributed by atoms with E-state index in [0.29, 0.717) is 24.1 Å². The Labute approximate surface area is 133 Å². The second-order valence-electron chi connectivity index (χ2n) is 5.26. The number of hydrogen-bond acceptors (Lipinski definition) is 5. The predicted octanol–water partition coefficient (Wildman–Crippen LogP) is 1.17. The number of aliphatic hydroxyl groups is 1. The number of carbonyl (C=O) groups excluding carboxylic acids is 2. The number of ketones is 2. The highest BCUT2D eigenvalue weighted by Gasteiger charge is 2.42. The van der Waals surface area contributed by atoms with Crippen LogP contribution in [0, 0.1) is 6.57 Å². The standard InChI is InChI=1S/C13H14N2O2.C3H4O3/c1-15-10-6-4-9(5-7-10)13(14)8-2-3-11(16)12(13)17;1-2(4)3(5)6/h4-7,11,16H,2-3,8,14H2;1H3,(H,5,6). The van der Waals surface area contributed by atoms with E-state index in [-0.39, 0.29) is 5.78 Å². The van der Waals surface area contributed by atoms with Crippen molar-refractivity contribution >= 4 is 23.2 Å². The van der Waals surface area contributed by atoms with Crippen LogP contribution in [-0.4, -0.2) is 33.9 Å². The number of nitrogens with two attached hydrogens (primary N) is 1. The topological polar surface area (TPSA) is 122 Å². The van der Waals surface area contributed by atoms with Crippen molar-refractivity contribution < 1.29 is 24.6 Å². The second-order valence-corrected chi connectivity index (χ2v) is 5.26. The van der Waals surface area contributed by atoms with Crippen LogP contribution >= 0.6 is 0 Å². The maximum absolute atomic E-state index is 12.0. The van der Waals surface area contributed by atoms with Crippen molar-refractivity contribution in [1.82, 2.24) is 0 Å². The summed E-state index contributed by atoms with van der Waals surface area (Å²) in [6, 6.07) is 6.68. The van der Waals surface area contributed by atoms with Crippen LogP contribution in [0.2, 0.25) is 0 Å². The van der Waals surface area contributed by atoms with Gasteiger partial charge in [0.15, 0.2) is 11.5 Å². The molecular formula is C16H18N2O5. The van der Waals surface area contributed by atoms with Gasteiger partial charge in [0.1, 0.15) is 11.6 Å². The summed E-state index contributed by atoms with van der Waals surface area (Å²) in [7, 11) is 0. The predicted molar refractivity (Wildman–Crippen MR) is 81.8 cm³/mol. The van der Waals surface area contributed by atoms with Gasteiger partial charge in [-0.1, -0.05) is 24.3 Å². The molecule has 2 unspecified atom stereocenters. The SMILES string of the molecule is CC(=O)C(=O)O.[C-]#[N+]c1ccc(C2(N)CCCC(O)C2=O)cc1. The molecule has 0 spiro atoms. The molecule has 1 aromatic carbocycles. The van der Waals surface area contributed by atoms with Crippen LogP contribution < -0.4 is 5.73 Å². The number of aliphatic hydroxyl groups excluding tert-OH is 1. The van der Waals surface area contributed by atoms with E-state index < -0.39 is 23.4 Å². The number of carboxylic acids is 1. The molecular weight excluding hydrogens is 300 g/mol. The van der Waals surface area contributed by atoms with E-state index in [9.17, 15) is 19.5 Å². The summed E-state index contributed by atoms with van der Waals surface area (Å²) in [6.45, 7) is 7.87. The highest BCUT2D eigenvalue weighted by molar-refractivity contribution is 6.31. The highest BCUT2D eigenvalue weighted by atomic mass is 16.4. The summed E-state index contributed by atoms with van der Waals surface area (Å²) in [6.07, 6.45) is 0.792. The van der Waals surface area contributed by atoms with Gasteiger partial charge in [0.2, 0.25) is 5.78 Å². The number of Topliss-reactive ketones (excluding diaryl/α,β-unsaturated/α-hetero) is 2. The molecule has 1 fully saturated rings. The number of rotatable bonds is 2. The molecule has 2 atom stereocenters. The van der Waals surface area contributed by atoms with Gasteiger partial charge in [0.05, 0.1) is 6.57 Å². The zero-order valence-electron chi connectivity index (χ0n) is 12.7. The number of hydrogen-bond donors (Lipinski definition) is 3. The number of carboxylic acid groups (broad SMARTS) is 1. The fourth-order valence-electron chi connectivity index (χ4n) is 2.25. The summed E-state index contributed by atoms with van der Waals surface area (Å²) < 4.78 is 0. The quantitative estimate of drug-likeness (QED) is 0.555. The zero-order chi connectivity index (χ0) is 17.6. The molecule has 122 valence electrons. The third-order valence-electron chi connectivity index (χ3n) is 3.60. The highest BCUT2D eigenvalue weighted by Crippen LogP contribution is 2.33. The first-order valence-electron chi connectivity index (χ1n) is 6.95. The lowest BCUT2D eigenvalue weighted by atomic mass is 9.75. The van der Waals surface area contributed by atoms with Gasteiger partial charge in [-0.3, -0.25) is 9.59 Å². The van der Waals surface area contributed by atoms with Crippen molar-refractivity contribution in [2.45, 2.75) is 37.8 Å². The molecule has 0 radical (unpaired) electrons. The summed E-state index contributed by atoms with van der Waals surface area (Å²) in [4.78, 5) is 34.1. The molecule has 0 aliphatic heterocycles. The van der Waals surface area contributed by atoms with E-state index in [4.69, 9.17) is 17.4 Å². The molecule has 0 aromatic heterocycles. The Hall–Kier alpha value is -2.56. The van der Waals surface area contributed by atoms with Gasteiger partial charge in [-0.05, 0) is 24.8 Å². The molecule has 2 rings (SSSR count). The minimum Gasteiger partial charge on any atom is -0.476 e. The first-order chi connectivity index (χ1) is 10.7. The third kappa shape index (κ3) is 4.45. The van der Waals surface area contributed by atoms with E-state index in [2.05, 4.69) is 4.85 Å². The summed E-state index contributed by atoms with van der Waals surface area (Å²) in [5.41, 5.74) is 6.21. The summed E-state index contributed by atoms with van der Waals surface area (Å²) in [5, 5.41) is 17.2. The molecule has 1 aliphatic rings. The summed E-state index contributed by atoms with van der Waals surface area (Å²) >= 11 is 0. The Bertz CT molecular complexity index is 635. The molecule has 7 nitrogen and oxygen atoms in total. The lowest BCUT2D eigenvalue weighted by Gasteiger charge is -2.34. The van der Waals surface area contributed by atoms with E-state index in [1.165, 1.54) is 0 Å². The Morgan fingerprint density at radius 1 is 1.35 bits per heavy atom. The van der Waals surface area contributed by atoms with Crippen molar-refractivity contribution in [2.24, 2.45) is 5.73 Å². The van der Waals surface area contributed by atoms with Crippen LogP contribution in [0.3, 0.4) is 0 Å². The van der Waals surface area contributed by atoms with Crippen molar-refractivity contribution in [3.05, 3.63) is 41.2 Å². The first-order valence-corrected chi connectivity index (χ1v) is 6.95. The van der Waals surface area contributed by atoms with Crippen molar-refractivity contribution in [2.75, 3.05) is 0 Å². The van der Waals surface area contributed by atoms with E-state index in [1.54, 1.807) is 24.3 Å². The van der Waals surface area contributed by atoms with Gasteiger partial charge < -0.3 is 15.9 Å². The molecule has 0 saturated heterocycles. The van der Waals surface area contributed by atoms with Gasteiger partial charge in [0, 0.05) is 6.92 Å². The van der Waals surface area contributed by atoms with Crippen LogP contribution in [0.1, 0.15) is 31.7 Å². The minimum absolute atomic E-state index is 0.320. The maximum Gasteiger partial charge on any atom is 0.371 e. The van der Waals surface area contributed by atoms with Gasteiger partial charge in [-0.2, -0.15) is 0 Å². The molecule has 0 bridgehead atoms. The molecule has 0 amide bonds. The monoisotopic (exact) mass is 318 g/mol. The van der Waals surface area contributed by atoms with E-state index in [0.717, 1.165) is 13.3 Å². The Morgan fingerprint density at radius 2 is 1.87 bits per heavy atom. The summed E-state index contributed by atoms with van der Waals surface area (Å²) in [5.74, 6) is -2.52. The molecule has 1 saturated carbocycles. The van der Waals surface area contributed by atoms with Gasteiger partial charge >= 0.3 is 5.97 Å². The lowest BCUT2D eigenvalue weighted by Crippen LogP contribution is -2.52. The average molecular weight is 318 g/mol. The smallest absolute Gasteiger partial charge is 0.371 e. The van der Waals surface area contributed by atoms with E-state index >= 15 is 0 Å². The molecule has 1 aromatic rings. The maximum atomic E-state index is 12.0. The van der Waals surface area contributed by atoms with Crippen molar-refractivity contribution in [3.8, 4) is 0 Å². The van der Waals surface area contributed by atoms with Crippen LogP contribution in [0.15, 0.2) is 24.3 Å². The van der Waals surface area contributed by atoms with Crippen molar-refractivity contribution in [3.63, 3.8) is 0 Å². The Morgan fingerprint density at radius 3 is 2.30 bits per heavy atom. The molecule has 1 aliphatic carbocycles. The Kier molecular flexibility index (Phi) is 6.13. The molecule has 7 heteroatoms. The van der Waals surface area contributed by atoms with Crippen LogP contribution in [0.5, 0.6) is 0 Å². The number of carbonyl (C=O) groups is 3. The van der Waals surface area contributed by atoms with Gasteiger partial charge in [-0.25, -0.2) is 9.64 Å². The molecule has 4 N–H and O–H groups in total.